The second-order valence-electron chi connectivity index (χ2n) is 15.2. The number of hydrogen-bond donors (Lipinski definition) is 2. The second-order valence-corrected chi connectivity index (χ2v) is 15.2. The van der Waals surface area contributed by atoms with E-state index >= 15 is 0 Å². The van der Waals surface area contributed by atoms with Crippen molar-refractivity contribution in [2.45, 2.75) is 108 Å². The van der Waals surface area contributed by atoms with Gasteiger partial charge < -0.3 is 20.4 Å². The predicted octanol–water partition coefficient (Wildman–Crippen LogP) is 4.61. The van der Waals surface area contributed by atoms with Crippen LogP contribution in [0, 0.1) is 29.0 Å². The SMILES string of the molecule is CN1C[C@H]2C[C@H](C(=O)NC3(C(=O)N4CCC(C(=O)NC(C)(C)C)(C5CCCCC5)CC4)C[C@@H]3c3ccc(F)cc3)[C@@H]1C2. The molecule has 2 heterocycles. The zero-order valence-electron chi connectivity index (χ0n) is 25.9. The minimum absolute atomic E-state index is 0.0230. The first-order valence-corrected chi connectivity index (χ1v) is 16.3. The summed E-state index contributed by atoms with van der Waals surface area (Å²) in [7, 11) is 2.09. The molecule has 2 aliphatic heterocycles. The molecule has 42 heavy (non-hydrogen) atoms. The molecule has 0 aromatic heterocycles. The average Bonchev–Trinajstić information content (AvgIpc) is 3.34. The second kappa shape index (κ2) is 10.9. The zero-order chi connectivity index (χ0) is 29.9. The minimum Gasteiger partial charge on any atom is -0.351 e. The number of nitrogens with zero attached hydrogens (tertiary/aromatic N) is 2. The van der Waals surface area contributed by atoms with Gasteiger partial charge in [-0.15, -0.1) is 0 Å². The Labute approximate surface area is 250 Å². The molecule has 0 spiro atoms. The molecular formula is C34H49FN4O3. The van der Waals surface area contributed by atoms with E-state index in [4.69, 9.17) is 0 Å². The summed E-state index contributed by atoms with van der Waals surface area (Å²) in [6.45, 7) is 8.15. The number of amides is 3. The highest BCUT2D eigenvalue weighted by atomic mass is 19.1. The molecule has 0 radical (unpaired) electrons. The first-order chi connectivity index (χ1) is 19.9. The molecule has 6 rings (SSSR count). The molecule has 230 valence electrons. The van der Waals surface area contributed by atoms with Crippen molar-refractivity contribution >= 4 is 17.7 Å². The number of halogens is 1. The van der Waals surface area contributed by atoms with Crippen molar-refractivity contribution in [2.24, 2.45) is 23.2 Å². The smallest absolute Gasteiger partial charge is 0.248 e. The number of piperidine rings is 2. The third-order valence-corrected chi connectivity index (χ3v) is 11.3. The lowest BCUT2D eigenvalue weighted by molar-refractivity contribution is -0.148. The zero-order valence-corrected chi connectivity index (χ0v) is 25.9. The Morgan fingerprint density at radius 3 is 2.24 bits per heavy atom. The monoisotopic (exact) mass is 580 g/mol. The van der Waals surface area contributed by atoms with Crippen LogP contribution < -0.4 is 10.6 Å². The number of carbonyl (C=O) groups excluding carboxylic acids is 3. The van der Waals surface area contributed by atoms with E-state index in [9.17, 15) is 18.8 Å². The molecule has 3 amide bonds. The van der Waals surface area contributed by atoms with E-state index in [-0.39, 0.29) is 47.0 Å². The summed E-state index contributed by atoms with van der Waals surface area (Å²) < 4.78 is 13.8. The Morgan fingerprint density at radius 1 is 0.976 bits per heavy atom. The number of benzene rings is 1. The summed E-state index contributed by atoms with van der Waals surface area (Å²) in [6, 6.07) is 6.59. The van der Waals surface area contributed by atoms with Gasteiger partial charge in [-0.1, -0.05) is 31.4 Å². The number of rotatable bonds is 6. The van der Waals surface area contributed by atoms with Crippen molar-refractivity contribution in [3.8, 4) is 0 Å². The van der Waals surface area contributed by atoms with Crippen LogP contribution in [0.25, 0.3) is 0 Å². The number of likely N-dealkylation sites (tertiary alicyclic amines) is 2. The highest BCUT2D eigenvalue weighted by Crippen LogP contribution is 2.54. The third-order valence-electron chi connectivity index (χ3n) is 11.3. The normalized spacial score (nSPS) is 32.9. The molecule has 3 aliphatic carbocycles. The van der Waals surface area contributed by atoms with Crippen LogP contribution in [0.5, 0.6) is 0 Å². The summed E-state index contributed by atoms with van der Waals surface area (Å²) in [5.74, 6) is 0.350. The van der Waals surface area contributed by atoms with Gasteiger partial charge in [-0.05, 0) is 102 Å². The Balaban J connectivity index is 1.22. The summed E-state index contributed by atoms with van der Waals surface area (Å²) >= 11 is 0. The van der Waals surface area contributed by atoms with E-state index in [1.54, 1.807) is 12.1 Å². The van der Waals surface area contributed by atoms with E-state index in [1.807, 2.05) is 25.7 Å². The lowest BCUT2D eigenvalue weighted by atomic mass is 9.63. The topological polar surface area (TPSA) is 81.8 Å². The van der Waals surface area contributed by atoms with E-state index in [0.29, 0.717) is 44.2 Å². The van der Waals surface area contributed by atoms with E-state index < -0.39 is 11.0 Å². The van der Waals surface area contributed by atoms with Crippen LogP contribution in [0.3, 0.4) is 0 Å². The maximum absolute atomic E-state index is 14.4. The van der Waals surface area contributed by atoms with Gasteiger partial charge in [0.15, 0.2) is 0 Å². The van der Waals surface area contributed by atoms with E-state index in [1.165, 1.54) is 18.6 Å². The molecule has 2 bridgehead atoms. The van der Waals surface area contributed by atoms with Crippen LogP contribution in [-0.4, -0.2) is 71.3 Å². The first-order valence-electron chi connectivity index (χ1n) is 16.3. The van der Waals surface area contributed by atoms with E-state index in [2.05, 4.69) is 22.6 Å². The predicted molar refractivity (Wildman–Crippen MR) is 160 cm³/mol. The van der Waals surface area contributed by atoms with Crippen molar-refractivity contribution in [1.29, 1.82) is 0 Å². The molecule has 2 N–H and O–H groups in total. The molecule has 1 aromatic rings. The van der Waals surface area contributed by atoms with Gasteiger partial charge in [0.25, 0.3) is 0 Å². The molecule has 1 unspecified atom stereocenters. The lowest BCUT2D eigenvalue weighted by Gasteiger charge is -2.48. The molecular weight excluding hydrogens is 531 g/mol. The van der Waals surface area contributed by atoms with Gasteiger partial charge in [0.05, 0.1) is 11.3 Å². The third kappa shape index (κ3) is 5.37. The maximum Gasteiger partial charge on any atom is 0.248 e. The van der Waals surface area contributed by atoms with Gasteiger partial charge in [-0.3, -0.25) is 14.4 Å². The van der Waals surface area contributed by atoms with Crippen molar-refractivity contribution in [2.75, 3.05) is 26.7 Å². The molecule has 3 saturated carbocycles. The van der Waals surface area contributed by atoms with Crippen LogP contribution in [0.2, 0.25) is 0 Å². The highest BCUT2D eigenvalue weighted by Gasteiger charge is 2.64. The first kappa shape index (κ1) is 29.6. The fraction of sp³-hybridized carbons (Fsp3) is 0.735. The molecule has 1 aromatic carbocycles. The average molecular weight is 581 g/mol. The summed E-state index contributed by atoms with van der Waals surface area (Å²) in [5, 5.41) is 6.57. The summed E-state index contributed by atoms with van der Waals surface area (Å²) in [6.07, 6.45) is 9.41. The quantitative estimate of drug-likeness (QED) is 0.515. The van der Waals surface area contributed by atoms with Crippen molar-refractivity contribution in [1.82, 2.24) is 20.4 Å². The van der Waals surface area contributed by atoms with Crippen LogP contribution in [0.15, 0.2) is 24.3 Å². The van der Waals surface area contributed by atoms with E-state index in [0.717, 1.165) is 50.6 Å². The minimum atomic E-state index is -1.01. The maximum atomic E-state index is 14.4. The van der Waals surface area contributed by atoms with Crippen molar-refractivity contribution in [3.63, 3.8) is 0 Å². The molecule has 8 heteroatoms. The summed E-state index contributed by atoms with van der Waals surface area (Å²) in [4.78, 5) is 46.2. The van der Waals surface area contributed by atoms with Crippen molar-refractivity contribution in [3.05, 3.63) is 35.6 Å². The Morgan fingerprint density at radius 2 is 1.64 bits per heavy atom. The van der Waals surface area contributed by atoms with Gasteiger partial charge in [0, 0.05) is 37.1 Å². The standard InChI is InChI=1S/C34H49FN4O3/c1-32(2,3)37-30(41)33(24-8-6-5-7-9-24)14-16-39(17-15-33)31(42)34(20-27(34)23-10-12-25(35)13-11-23)36-29(40)26-18-22-19-28(26)38(4)21-22/h10-13,22,24,26-28H,5-9,14-21H2,1-4H3,(H,36,40)(H,37,41)/t22-,26-,27+,28-,34?/m0/s1. The molecule has 5 atom stereocenters. The number of fused-ring (bicyclic) bond motifs is 2. The molecule has 7 nitrogen and oxygen atoms in total. The number of nitrogens with one attached hydrogen (secondary N) is 2. The van der Waals surface area contributed by atoms with Gasteiger partial charge in [0.2, 0.25) is 17.7 Å². The Bertz CT molecular complexity index is 1200. The fourth-order valence-corrected chi connectivity index (χ4v) is 9.01. The lowest BCUT2D eigenvalue weighted by Crippen LogP contribution is -2.60. The van der Waals surface area contributed by atoms with Gasteiger partial charge in [-0.25, -0.2) is 4.39 Å². The molecule has 5 aliphatic rings. The number of carbonyl (C=O) groups is 3. The Hall–Kier alpha value is -2.48. The van der Waals surface area contributed by atoms with Gasteiger partial charge in [-0.2, -0.15) is 0 Å². The Kier molecular flexibility index (Phi) is 7.68. The molecule has 2 saturated heterocycles. The van der Waals surface area contributed by atoms with Crippen LogP contribution >= 0.6 is 0 Å². The fourth-order valence-electron chi connectivity index (χ4n) is 9.01. The van der Waals surface area contributed by atoms with Crippen molar-refractivity contribution < 1.29 is 18.8 Å². The van der Waals surface area contributed by atoms with Gasteiger partial charge >= 0.3 is 0 Å². The largest absolute Gasteiger partial charge is 0.351 e. The van der Waals surface area contributed by atoms with Gasteiger partial charge in [0.1, 0.15) is 11.4 Å². The number of hydrogen-bond acceptors (Lipinski definition) is 4. The summed E-state index contributed by atoms with van der Waals surface area (Å²) in [5.41, 5.74) is -0.903. The van der Waals surface area contributed by atoms with Crippen LogP contribution in [-0.2, 0) is 14.4 Å². The highest BCUT2D eigenvalue weighted by molar-refractivity contribution is 5.97. The van der Waals surface area contributed by atoms with Crippen LogP contribution in [0.1, 0.15) is 96.5 Å². The molecule has 5 fully saturated rings. The van der Waals surface area contributed by atoms with Crippen LogP contribution in [0.4, 0.5) is 4.39 Å².